The monoisotopic (exact) mass is 332 g/mol. The van der Waals surface area contributed by atoms with E-state index < -0.39 is 0 Å². The topological polar surface area (TPSA) is 46.0 Å². The van der Waals surface area contributed by atoms with Gasteiger partial charge in [-0.1, -0.05) is 42.5 Å². The van der Waals surface area contributed by atoms with E-state index in [4.69, 9.17) is 15.1 Å². The summed E-state index contributed by atoms with van der Waals surface area (Å²) < 4.78 is 6.94. The number of para-hydroxylation sites is 1. The van der Waals surface area contributed by atoms with Gasteiger partial charge >= 0.3 is 0 Å². The van der Waals surface area contributed by atoms with Crippen LogP contribution in [-0.2, 0) is 0 Å². The Labute approximate surface area is 144 Å². The summed E-state index contributed by atoms with van der Waals surface area (Å²) in [7, 11) is 0. The molecule has 24 heavy (non-hydrogen) atoms. The molecule has 0 amide bonds. The van der Waals surface area contributed by atoms with E-state index in [2.05, 4.69) is 6.07 Å². The number of nitrogens with zero attached hydrogens (tertiary/aromatic N) is 1. The van der Waals surface area contributed by atoms with Crippen molar-refractivity contribution in [3.63, 3.8) is 0 Å². The third-order valence-electron chi connectivity index (χ3n) is 3.89. The molecular weight excluding hydrogens is 316 g/mol. The van der Waals surface area contributed by atoms with E-state index in [0.717, 1.165) is 31.9 Å². The molecule has 118 valence electrons. The molecular formula is C20H16N2OS. The van der Waals surface area contributed by atoms with E-state index in [0.29, 0.717) is 17.7 Å². The number of fused-ring (bicyclic) bond motifs is 2. The lowest BCUT2D eigenvalue weighted by Gasteiger charge is -2.17. The van der Waals surface area contributed by atoms with E-state index in [1.807, 2.05) is 61.5 Å². The van der Waals surface area contributed by atoms with Crippen molar-refractivity contribution < 1.29 is 4.74 Å². The zero-order valence-corrected chi connectivity index (χ0v) is 14.1. The summed E-state index contributed by atoms with van der Waals surface area (Å²) in [6.45, 7) is 2.46. The van der Waals surface area contributed by atoms with Crippen LogP contribution in [0.3, 0.4) is 0 Å². The highest BCUT2D eigenvalue weighted by Crippen LogP contribution is 2.40. The fourth-order valence-electron chi connectivity index (χ4n) is 2.86. The van der Waals surface area contributed by atoms with Crippen molar-refractivity contribution in [1.82, 2.24) is 4.98 Å². The Morgan fingerprint density at radius 3 is 2.58 bits per heavy atom. The normalized spacial score (nSPS) is 11.0. The summed E-state index contributed by atoms with van der Waals surface area (Å²) in [4.78, 5) is 5.89. The molecule has 2 aromatic carbocycles. The number of benzene rings is 3. The number of ether oxygens (including phenoxy) is 1. The summed E-state index contributed by atoms with van der Waals surface area (Å²) >= 11 is 1.66. The summed E-state index contributed by atoms with van der Waals surface area (Å²) in [5.74, 6) is 0.603. The molecule has 1 N–H and O–H groups in total. The van der Waals surface area contributed by atoms with Crippen LogP contribution in [0.1, 0.15) is 6.92 Å². The highest BCUT2D eigenvalue weighted by atomic mass is 32.1. The van der Waals surface area contributed by atoms with Gasteiger partial charge in [0.15, 0.2) is 5.75 Å². The van der Waals surface area contributed by atoms with Gasteiger partial charge in [-0.25, -0.2) is 4.98 Å². The van der Waals surface area contributed by atoms with Crippen LogP contribution < -0.4 is 10.1 Å². The van der Waals surface area contributed by atoms with Crippen LogP contribution >= 0.6 is 11.3 Å². The Bertz CT molecular complexity index is 1040. The minimum atomic E-state index is 0.400. The minimum Gasteiger partial charge on any atom is -0.491 e. The molecule has 0 saturated carbocycles. The lowest BCUT2D eigenvalue weighted by molar-refractivity contribution is 0.337. The average molecular weight is 332 g/mol. The van der Waals surface area contributed by atoms with E-state index in [9.17, 15) is 0 Å². The molecule has 2 aromatic rings. The van der Waals surface area contributed by atoms with E-state index in [1.54, 1.807) is 11.3 Å². The quantitative estimate of drug-likeness (QED) is 0.540. The summed E-state index contributed by atoms with van der Waals surface area (Å²) in [6.07, 6.45) is 0. The van der Waals surface area contributed by atoms with Crippen LogP contribution in [0.5, 0.6) is 5.75 Å². The molecule has 2 aliphatic rings. The number of rotatable bonds is 3. The van der Waals surface area contributed by atoms with Crippen LogP contribution in [0.2, 0.25) is 0 Å². The molecule has 1 aliphatic heterocycles. The van der Waals surface area contributed by atoms with Gasteiger partial charge < -0.3 is 4.74 Å². The lowest BCUT2D eigenvalue weighted by Crippen LogP contribution is -2.11. The van der Waals surface area contributed by atoms with Crippen molar-refractivity contribution in [3.05, 3.63) is 66.0 Å². The van der Waals surface area contributed by atoms with Crippen molar-refractivity contribution in [2.24, 2.45) is 0 Å². The summed E-state index contributed by atoms with van der Waals surface area (Å²) in [5.41, 5.74) is 3.79. The first-order valence-electron chi connectivity index (χ1n) is 7.87. The van der Waals surface area contributed by atoms with E-state index >= 15 is 0 Å². The molecule has 0 aromatic heterocycles. The Morgan fingerprint density at radius 2 is 1.79 bits per heavy atom. The fraction of sp³-hybridized carbons (Fsp3) is 0.100. The Kier molecular flexibility index (Phi) is 3.75. The van der Waals surface area contributed by atoms with Gasteiger partial charge in [0, 0.05) is 0 Å². The highest BCUT2D eigenvalue weighted by molar-refractivity contribution is 7.21. The van der Waals surface area contributed by atoms with Gasteiger partial charge in [0.05, 0.1) is 38.3 Å². The maximum absolute atomic E-state index is 8.41. The number of aromatic nitrogens is 1. The average Bonchev–Trinajstić information content (AvgIpc) is 2.62. The van der Waals surface area contributed by atoms with Gasteiger partial charge in [-0.05, 0) is 30.7 Å². The standard InChI is InChI=1S/C20H16N2OS/c1-2-23-20-14(21)12-17-19(18(20)13-8-4-3-5-9-13)22-15-10-6-7-11-16(15)24-17/h3-12,21H,2H2,1H3. The zero-order valence-electron chi connectivity index (χ0n) is 13.2. The maximum Gasteiger partial charge on any atom is 0.154 e. The van der Waals surface area contributed by atoms with Gasteiger partial charge in [0.2, 0.25) is 0 Å². The van der Waals surface area contributed by atoms with Gasteiger partial charge in [-0.3, -0.25) is 5.41 Å². The molecule has 0 radical (unpaired) electrons. The van der Waals surface area contributed by atoms with Crippen molar-refractivity contribution in [1.29, 1.82) is 5.41 Å². The lowest BCUT2D eigenvalue weighted by atomic mass is 10.00. The van der Waals surface area contributed by atoms with Gasteiger partial charge in [-0.15, -0.1) is 11.3 Å². The predicted octanol–water partition coefficient (Wildman–Crippen LogP) is 4.95. The van der Waals surface area contributed by atoms with Crippen molar-refractivity contribution in [2.45, 2.75) is 6.92 Å². The first-order valence-corrected chi connectivity index (χ1v) is 8.69. The molecule has 0 spiro atoms. The first kappa shape index (κ1) is 14.8. The van der Waals surface area contributed by atoms with Crippen LogP contribution in [0, 0.1) is 5.41 Å². The second-order valence-electron chi connectivity index (χ2n) is 5.46. The molecule has 1 heterocycles. The highest BCUT2D eigenvalue weighted by Gasteiger charge is 2.20. The molecule has 3 nitrogen and oxygen atoms in total. The Balaban J connectivity index is 2.14. The summed E-state index contributed by atoms with van der Waals surface area (Å²) in [5, 5.41) is 8.81. The molecule has 0 atom stereocenters. The Morgan fingerprint density at radius 1 is 1.04 bits per heavy atom. The van der Waals surface area contributed by atoms with Gasteiger partial charge in [0.25, 0.3) is 0 Å². The molecule has 0 saturated heterocycles. The second kappa shape index (κ2) is 6.06. The largest absolute Gasteiger partial charge is 0.491 e. The molecule has 4 rings (SSSR count). The molecule has 0 bridgehead atoms. The number of hydrogen-bond donors (Lipinski definition) is 1. The van der Waals surface area contributed by atoms with Gasteiger partial charge in [0.1, 0.15) is 0 Å². The maximum atomic E-state index is 8.41. The Hall–Kier alpha value is -2.72. The fourth-order valence-corrected chi connectivity index (χ4v) is 3.88. The number of nitrogens with one attached hydrogen (secondary N) is 1. The van der Waals surface area contributed by atoms with Crippen molar-refractivity contribution in [2.75, 3.05) is 6.61 Å². The molecule has 0 fully saturated rings. The second-order valence-corrected chi connectivity index (χ2v) is 6.54. The molecule has 1 aliphatic carbocycles. The van der Waals surface area contributed by atoms with Crippen molar-refractivity contribution >= 4 is 21.6 Å². The van der Waals surface area contributed by atoms with Crippen LogP contribution in [-0.4, -0.2) is 11.6 Å². The van der Waals surface area contributed by atoms with E-state index in [-0.39, 0.29) is 0 Å². The minimum absolute atomic E-state index is 0.400. The zero-order chi connectivity index (χ0) is 16.5. The van der Waals surface area contributed by atoms with E-state index in [1.165, 1.54) is 0 Å². The number of hydrogen-bond acceptors (Lipinski definition) is 4. The SMILES string of the molecule is CCOc1c(-c2ccccc2)c2nc3ccccc3sc-2cc1=N. The molecule has 4 heteroatoms. The van der Waals surface area contributed by atoms with Crippen molar-refractivity contribution in [3.8, 4) is 27.4 Å². The molecule has 0 unspecified atom stereocenters. The van der Waals surface area contributed by atoms with Crippen LogP contribution in [0.4, 0.5) is 0 Å². The predicted molar refractivity (Wildman–Crippen MR) is 98.7 cm³/mol. The summed E-state index contributed by atoms with van der Waals surface area (Å²) in [6, 6.07) is 20.0. The van der Waals surface area contributed by atoms with Crippen LogP contribution in [0.15, 0.2) is 60.7 Å². The smallest absolute Gasteiger partial charge is 0.154 e. The first-order chi connectivity index (χ1) is 11.8. The van der Waals surface area contributed by atoms with Crippen LogP contribution in [0.25, 0.3) is 31.9 Å². The third-order valence-corrected chi connectivity index (χ3v) is 4.98. The third kappa shape index (κ3) is 2.45. The van der Waals surface area contributed by atoms with Gasteiger partial charge in [-0.2, -0.15) is 0 Å².